The molecule has 0 aliphatic rings. The van der Waals surface area contributed by atoms with Crippen molar-refractivity contribution in [2.24, 2.45) is 0 Å². The van der Waals surface area contributed by atoms with E-state index >= 15 is 0 Å². The monoisotopic (exact) mass is 358 g/mol. The van der Waals surface area contributed by atoms with Gasteiger partial charge < -0.3 is 0 Å². The van der Waals surface area contributed by atoms with Crippen molar-refractivity contribution < 1.29 is 9.59 Å². The highest BCUT2D eigenvalue weighted by atomic mass is 16.2. The molecule has 0 unspecified atom stereocenters. The second-order valence-electron chi connectivity index (χ2n) is 5.65. The number of benzene rings is 2. The highest BCUT2D eigenvalue weighted by Crippen LogP contribution is 2.11. The Balaban J connectivity index is 1.42. The number of rotatable bonds is 3. The Morgan fingerprint density at radius 3 is 2.30 bits per heavy atom. The molecule has 2 amide bonds. The Hall–Kier alpha value is -4.07. The van der Waals surface area contributed by atoms with Crippen LogP contribution in [-0.4, -0.2) is 31.8 Å². The highest BCUT2D eigenvalue weighted by Gasteiger charge is 2.14. The number of hydrogen-bond acceptors (Lipinski definition) is 5. The molecule has 2 aromatic heterocycles. The molecule has 2 heterocycles. The number of aromatic nitrogens is 4. The summed E-state index contributed by atoms with van der Waals surface area (Å²) in [5, 5.41) is 9.07. The lowest BCUT2D eigenvalue weighted by molar-refractivity contribution is 0.0841. The fraction of sp³-hybridized carbons (Fsp3) is 0. The van der Waals surface area contributed by atoms with Gasteiger partial charge in [-0.2, -0.15) is 9.90 Å². The number of amides is 2. The van der Waals surface area contributed by atoms with Gasteiger partial charge >= 0.3 is 0 Å². The molecule has 2 aromatic carbocycles. The van der Waals surface area contributed by atoms with Crippen molar-refractivity contribution in [3.63, 3.8) is 0 Å². The molecule has 2 N–H and O–H groups in total. The summed E-state index contributed by atoms with van der Waals surface area (Å²) in [6.07, 6.45) is 1.32. The van der Waals surface area contributed by atoms with Crippen LogP contribution in [0.15, 0.2) is 72.9 Å². The molecule has 0 aliphatic heterocycles. The van der Waals surface area contributed by atoms with Crippen molar-refractivity contribution in [2.75, 3.05) is 0 Å². The van der Waals surface area contributed by atoms with Crippen LogP contribution in [-0.2, 0) is 0 Å². The summed E-state index contributed by atoms with van der Waals surface area (Å²) in [6.45, 7) is 0. The van der Waals surface area contributed by atoms with Gasteiger partial charge in [0.15, 0.2) is 5.69 Å². The van der Waals surface area contributed by atoms with E-state index in [4.69, 9.17) is 0 Å². The first-order chi connectivity index (χ1) is 13.2. The summed E-state index contributed by atoms with van der Waals surface area (Å²) < 4.78 is 0. The van der Waals surface area contributed by atoms with Crippen molar-refractivity contribution in [3.05, 3.63) is 84.3 Å². The van der Waals surface area contributed by atoms with Crippen LogP contribution in [0.4, 0.5) is 0 Å². The van der Waals surface area contributed by atoms with Crippen molar-refractivity contribution in [1.29, 1.82) is 0 Å². The van der Waals surface area contributed by atoms with E-state index < -0.39 is 11.8 Å². The van der Waals surface area contributed by atoms with Gasteiger partial charge in [0, 0.05) is 5.39 Å². The number of carbonyl (C=O) groups is 2. The van der Waals surface area contributed by atoms with E-state index in [1.165, 1.54) is 11.0 Å². The number of nitrogens with zero attached hydrogens (tertiary/aromatic N) is 4. The number of nitrogens with one attached hydrogen (secondary N) is 2. The van der Waals surface area contributed by atoms with Gasteiger partial charge in [0.1, 0.15) is 5.69 Å². The van der Waals surface area contributed by atoms with Gasteiger partial charge in [-0.3, -0.25) is 20.4 Å². The largest absolute Gasteiger partial charge is 0.291 e. The van der Waals surface area contributed by atoms with E-state index in [2.05, 4.69) is 26.0 Å². The van der Waals surface area contributed by atoms with Crippen LogP contribution in [0, 0.1) is 0 Å². The van der Waals surface area contributed by atoms with Crippen LogP contribution in [0.25, 0.3) is 16.6 Å². The molecule has 27 heavy (non-hydrogen) atoms. The number of fused-ring (bicyclic) bond motifs is 1. The Morgan fingerprint density at radius 2 is 1.48 bits per heavy atom. The maximum Gasteiger partial charge on any atom is 0.291 e. The molecule has 0 fully saturated rings. The van der Waals surface area contributed by atoms with Crippen LogP contribution in [0.5, 0.6) is 0 Å². The van der Waals surface area contributed by atoms with Crippen LogP contribution in [0.1, 0.15) is 21.0 Å². The van der Waals surface area contributed by atoms with Gasteiger partial charge in [0.05, 0.1) is 17.4 Å². The standard InChI is InChI=1S/C19H14N6O2/c26-18(16-11-10-13-6-4-5-9-15(13)21-16)22-23-19(27)17-12-20-25(24-17)14-7-2-1-3-8-14/h1-12H,(H,22,26)(H,23,27). The second-order valence-corrected chi connectivity index (χ2v) is 5.65. The van der Waals surface area contributed by atoms with Crippen LogP contribution in [0.3, 0.4) is 0 Å². The zero-order valence-corrected chi connectivity index (χ0v) is 14.0. The quantitative estimate of drug-likeness (QED) is 0.545. The highest BCUT2D eigenvalue weighted by molar-refractivity contribution is 5.98. The Kier molecular flexibility index (Phi) is 4.28. The molecule has 0 saturated heterocycles. The third kappa shape index (κ3) is 3.49. The molecule has 0 atom stereocenters. The summed E-state index contributed by atoms with van der Waals surface area (Å²) in [5.74, 6) is -1.10. The summed E-state index contributed by atoms with van der Waals surface area (Å²) in [7, 11) is 0. The van der Waals surface area contributed by atoms with Crippen LogP contribution < -0.4 is 10.9 Å². The first-order valence-corrected chi connectivity index (χ1v) is 8.15. The topological polar surface area (TPSA) is 102 Å². The average molecular weight is 358 g/mol. The molecule has 4 aromatic rings. The van der Waals surface area contributed by atoms with Gasteiger partial charge in [-0.15, -0.1) is 5.10 Å². The third-order valence-electron chi connectivity index (χ3n) is 3.83. The van der Waals surface area contributed by atoms with Crippen molar-refractivity contribution in [2.45, 2.75) is 0 Å². The Morgan fingerprint density at radius 1 is 0.778 bits per heavy atom. The van der Waals surface area contributed by atoms with Gasteiger partial charge in [-0.05, 0) is 24.3 Å². The number of hydrogen-bond donors (Lipinski definition) is 2. The summed E-state index contributed by atoms with van der Waals surface area (Å²) in [5.41, 5.74) is 6.34. The molecule has 0 bridgehead atoms. The lowest BCUT2D eigenvalue weighted by atomic mass is 10.2. The maximum atomic E-state index is 12.2. The first kappa shape index (κ1) is 16.4. The smallest absolute Gasteiger partial charge is 0.266 e. The minimum atomic E-state index is -0.577. The van der Waals surface area contributed by atoms with Gasteiger partial charge in [0.25, 0.3) is 11.8 Å². The molecule has 4 rings (SSSR count). The number of carbonyl (C=O) groups excluding carboxylic acids is 2. The zero-order valence-electron chi connectivity index (χ0n) is 14.0. The van der Waals surface area contributed by atoms with Gasteiger partial charge in [-0.25, -0.2) is 4.98 Å². The lowest BCUT2D eigenvalue weighted by Crippen LogP contribution is -2.42. The molecular formula is C19H14N6O2. The second kappa shape index (κ2) is 7.04. The Labute approximate surface area is 153 Å². The number of para-hydroxylation sites is 2. The average Bonchev–Trinajstić information content (AvgIpc) is 3.22. The Bertz CT molecular complexity index is 1120. The van der Waals surface area contributed by atoms with Crippen LogP contribution in [0.2, 0.25) is 0 Å². The summed E-state index contributed by atoms with van der Waals surface area (Å²) in [4.78, 5) is 30.0. The van der Waals surface area contributed by atoms with E-state index in [-0.39, 0.29) is 11.4 Å². The van der Waals surface area contributed by atoms with Gasteiger partial charge in [0.2, 0.25) is 0 Å². The van der Waals surface area contributed by atoms with Crippen molar-refractivity contribution >= 4 is 22.7 Å². The van der Waals surface area contributed by atoms with Crippen molar-refractivity contribution in [1.82, 2.24) is 30.8 Å². The number of hydrazine groups is 1. The van der Waals surface area contributed by atoms with E-state index in [0.29, 0.717) is 5.52 Å². The first-order valence-electron chi connectivity index (χ1n) is 8.15. The van der Waals surface area contributed by atoms with Gasteiger partial charge in [-0.1, -0.05) is 42.5 Å². The molecule has 0 aliphatic carbocycles. The molecule has 0 spiro atoms. The molecule has 132 valence electrons. The fourth-order valence-corrected chi connectivity index (χ4v) is 2.49. The van der Waals surface area contributed by atoms with E-state index in [9.17, 15) is 9.59 Å². The molecular weight excluding hydrogens is 344 g/mol. The maximum absolute atomic E-state index is 12.2. The van der Waals surface area contributed by atoms with Crippen LogP contribution >= 0.6 is 0 Å². The predicted octanol–water partition coefficient (Wildman–Crippen LogP) is 1.89. The molecule has 0 radical (unpaired) electrons. The van der Waals surface area contributed by atoms with E-state index in [1.54, 1.807) is 12.1 Å². The fourth-order valence-electron chi connectivity index (χ4n) is 2.49. The van der Waals surface area contributed by atoms with Crippen molar-refractivity contribution in [3.8, 4) is 5.69 Å². The predicted molar refractivity (Wildman–Crippen MR) is 98.0 cm³/mol. The summed E-state index contributed by atoms with van der Waals surface area (Å²) in [6, 6.07) is 20.0. The van der Waals surface area contributed by atoms with E-state index in [1.807, 2.05) is 54.6 Å². The lowest BCUT2D eigenvalue weighted by Gasteiger charge is -2.06. The third-order valence-corrected chi connectivity index (χ3v) is 3.83. The molecule has 0 saturated carbocycles. The molecule has 8 nitrogen and oxygen atoms in total. The molecule has 8 heteroatoms. The SMILES string of the molecule is O=C(NNC(=O)c1cnn(-c2ccccc2)n1)c1ccc2ccccc2n1. The summed E-state index contributed by atoms with van der Waals surface area (Å²) >= 11 is 0. The number of pyridine rings is 1. The minimum Gasteiger partial charge on any atom is -0.266 e. The van der Waals surface area contributed by atoms with E-state index in [0.717, 1.165) is 11.1 Å². The normalized spacial score (nSPS) is 10.5. The zero-order chi connectivity index (χ0) is 18.6. The minimum absolute atomic E-state index is 0.0747.